The molecule has 0 aromatic heterocycles. The summed E-state index contributed by atoms with van der Waals surface area (Å²) < 4.78 is 27.5. The molecule has 4 nitrogen and oxygen atoms in total. The third-order valence-electron chi connectivity index (χ3n) is 3.81. The first-order chi connectivity index (χ1) is 11.9. The Morgan fingerprint density at radius 2 is 1.76 bits per heavy atom. The van der Waals surface area contributed by atoms with Crippen molar-refractivity contribution in [3.8, 4) is 0 Å². The van der Waals surface area contributed by atoms with E-state index < -0.39 is 10.0 Å². The predicted octanol–water partition coefficient (Wildman–Crippen LogP) is 4.53. The highest BCUT2D eigenvalue weighted by Crippen LogP contribution is 2.36. The maximum atomic E-state index is 13.2. The Kier molecular flexibility index (Phi) is 5.27. The average molecular weight is 391 g/mol. The molecule has 1 unspecified atom stereocenters. The zero-order valence-electron chi connectivity index (χ0n) is 13.9. The minimum atomic E-state index is -3.78. The molecule has 130 valence electrons. The van der Waals surface area contributed by atoms with E-state index in [1.807, 2.05) is 44.2 Å². The Bertz CT molecular complexity index is 907. The largest absolute Gasteiger partial charge is 0.270 e. The molecule has 0 bridgehead atoms. The van der Waals surface area contributed by atoms with Crippen LogP contribution in [-0.2, 0) is 10.0 Å². The lowest BCUT2D eigenvalue weighted by atomic mass is 10.2. The molecule has 0 N–H and O–H groups in total. The summed E-state index contributed by atoms with van der Waals surface area (Å²) in [6, 6.07) is 16.1. The van der Waals surface area contributed by atoms with Crippen molar-refractivity contribution in [2.45, 2.75) is 30.4 Å². The maximum absolute atomic E-state index is 13.2. The average Bonchev–Trinajstić information content (AvgIpc) is 2.92. The van der Waals surface area contributed by atoms with Gasteiger partial charge in [0, 0.05) is 0 Å². The molecular formula is C18H18N2O2S3. The van der Waals surface area contributed by atoms with Gasteiger partial charge in [0.1, 0.15) is 4.99 Å². The Morgan fingerprint density at radius 3 is 2.36 bits per heavy atom. The molecule has 0 radical (unpaired) electrons. The second kappa shape index (κ2) is 7.27. The Labute approximate surface area is 158 Å². The number of thiocarbonyl (C=S) groups is 1. The van der Waals surface area contributed by atoms with Gasteiger partial charge in [-0.1, -0.05) is 66.8 Å². The van der Waals surface area contributed by atoms with E-state index in [0.29, 0.717) is 15.8 Å². The van der Waals surface area contributed by atoms with Gasteiger partial charge in [-0.05, 0) is 37.6 Å². The fourth-order valence-electron chi connectivity index (χ4n) is 2.43. The lowest BCUT2D eigenvalue weighted by Crippen LogP contribution is -2.36. The van der Waals surface area contributed by atoms with Crippen molar-refractivity contribution in [1.29, 1.82) is 0 Å². The van der Waals surface area contributed by atoms with Crippen molar-refractivity contribution in [3.05, 3.63) is 60.2 Å². The summed E-state index contributed by atoms with van der Waals surface area (Å²) in [6.07, 6.45) is 0.747. The number of nitrogens with zero attached hydrogens (tertiary/aromatic N) is 2. The first-order valence-electron chi connectivity index (χ1n) is 7.89. The van der Waals surface area contributed by atoms with Crippen LogP contribution >= 0.6 is 24.0 Å². The smallest absolute Gasteiger partial charge is 0.224 e. The SMILES string of the molecule is CCC1SC(=Nc2ccccc2)N(S(=O)(=O)c2ccc(C)cc2)C1=S. The van der Waals surface area contributed by atoms with Crippen molar-refractivity contribution >= 4 is 49.8 Å². The van der Waals surface area contributed by atoms with Crippen molar-refractivity contribution < 1.29 is 8.42 Å². The summed E-state index contributed by atoms with van der Waals surface area (Å²) in [4.78, 5) is 5.15. The standard InChI is InChI=1S/C18H18N2O2S3/c1-3-16-17(23)20(18(24-16)19-14-7-5-4-6-8-14)25(21,22)15-11-9-13(2)10-12-15/h4-12,16H,3H2,1-2H3. The summed E-state index contributed by atoms with van der Waals surface area (Å²) in [5, 5.41) is 0.335. The topological polar surface area (TPSA) is 49.7 Å². The number of benzene rings is 2. The number of aryl methyl sites for hydroxylation is 1. The molecule has 0 amide bonds. The van der Waals surface area contributed by atoms with E-state index in [2.05, 4.69) is 4.99 Å². The van der Waals surface area contributed by atoms with Gasteiger partial charge in [-0.25, -0.2) is 17.7 Å². The highest BCUT2D eigenvalue weighted by Gasteiger charge is 2.41. The lowest BCUT2D eigenvalue weighted by Gasteiger charge is -2.19. The number of thioether (sulfide) groups is 1. The van der Waals surface area contributed by atoms with Crippen LogP contribution in [0.3, 0.4) is 0 Å². The summed E-state index contributed by atoms with van der Waals surface area (Å²) in [5.74, 6) is 0. The van der Waals surface area contributed by atoms with E-state index in [0.717, 1.165) is 12.0 Å². The normalized spacial score (nSPS) is 19.6. The highest BCUT2D eigenvalue weighted by atomic mass is 32.2. The summed E-state index contributed by atoms with van der Waals surface area (Å²) in [5.41, 5.74) is 1.70. The molecule has 1 saturated heterocycles. The van der Waals surface area contributed by atoms with Gasteiger partial charge < -0.3 is 0 Å². The first kappa shape index (κ1) is 18.1. The molecule has 0 saturated carbocycles. The molecule has 3 rings (SSSR count). The van der Waals surface area contributed by atoms with E-state index in [1.165, 1.54) is 16.1 Å². The van der Waals surface area contributed by atoms with Crippen molar-refractivity contribution in [2.75, 3.05) is 0 Å². The van der Waals surface area contributed by atoms with Gasteiger partial charge in [0.25, 0.3) is 10.0 Å². The van der Waals surface area contributed by atoms with Gasteiger partial charge in [0.05, 0.1) is 15.8 Å². The molecule has 1 fully saturated rings. The van der Waals surface area contributed by atoms with Crippen LogP contribution in [0.25, 0.3) is 0 Å². The van der Waals surface area contributed by atoms with E-state index in [1.54, 1.807) is 24.3 Å². The number of rotatable bonds is 4. The number of para-hydroxylation sites is 1. The van der Waals surface area contributed by atoms with Crippen molar-refractivity contribution in [3.63, 3.8) is 0 Å². The molecule has 0 spiro atoms. The fraction of sp³-hybridized carbons (Fsp3) is 0.222. The monoisotopic (exact) mass is 390 g/mol. The van der Waals surface area contributed by atoms with E-state index in [4.69, 9.17) is 12.2 Å². The minimum Gasteiger partial charge on any atom is -0.224 e. The van der Waals surface area contributed by atoms with Gasteiger partial charge in [0.2, 0.25) is 0 Å². The van der Waals surface area contributed by atoms with Gasteiger partial charge >= 0.3 is 0 Å². The Balaban J connectivity index is 2.07. The predicted molar refractivity (Wildman–Crippen MR) is 108 cm³/mol. The molecule has 0 aliphatic carbocycles. The number of hydrogen-bond donors (Lipinski definition) is 0. The van der Waals surface area contributed by atoms with Crippen LogP contribution in [0.15, 0.2) is 64.5 Å². The van der Waals surface area contributed by atoms with Crippen LogP contribution in [0.2, 0.25) is 0 Å². The van der Waals surface area contributed by atoms with Gasteiger partial charge in [-0.3, -0.25) is 0 Å². The number of amidine groups is 1. The molecule has 1 aliphatic rings. The van der Waals surface area contributed by atoms with Gasteiger partial charge in [0.15, 0.2) is 5.17 Å². The van der Waals surface area contributed by atoms with Crippen LogP contribution in [-0.4, -0.2) is 28.1 Å². The van der Waals surface area contributed by atoms with Crippen LogP contribution in [0, 0.1) is 6.92 Å². The van der Waals surface area contributed by atoms with Gasteiger partial charge in [-0.2, -0.15) is 0 Å². The van der Waals surface area contributed by atoms with Crippen LogP contribution in [0.5, 0.6) is 0 Å². The highest BCUT2D eigenvalue weighted by molar-refractivity contribution is 8.18. The zero-order valence-corrected chi connectivity index (χ0v) is 16.4. The molecule has 7 heteroatoms. The molecule has 25 heavy (non-hydrogen) atoms. The third kappa shape index (κ3) is 3.63. The molecule has 2 aromatic rings. The Morgan fingerprint density at radius 1 is 1.12 bits per heavy atom. The van der Waals surface area contributed by atoms with Gasteiger partial charge in [-0.15, -0.1) is 0 Å². The number of aliphatic imine (C=N–C) groups is 1. The van der Waals surface area contributed by atoms with E-state index in [9.17, 15) is 8.42 Å². The van der Waals surface area contributed by atoms with Crippen molar-refractivity contribution in [1.82, 2.24) is 4.31 Å². The maximum Gasteiger partial charge on any atom is 0.270 e. The fourth-order valence-corrected chi connectivity index (χ4v) is 5.95. The number of sulfonamides is 1. The second-order valence-electron chi connectivity index (χ2n) is 5.67. The second-order valence-corrected chi connectivity index (χ2v) is 9.04. The Hall–Kier alpha value is -1.70. The lowest BCUT2D eigenvalue weighted by molar-refractivity contribution is 0.572. The van der Waals surface area contributed by atoms with Crippen LogP contribution in [0.1, 0.15) is 18.9 Å². The van der Waals surface area contributed by atoms with E-state index in [-0.39, 0.29) is 10.1 Å². The zero-order chi connectivity index (χ0) is 18.0. The van der Waals surface area contributed by atoms with Crippen LogP contribution in [0.4, 0.5) is 5.69 Å². The summed E-state index contributed by atoms with van der Waals surface area (Å²) in [6.45, 7) is 3.91. The minimum absolute atomic E-state index is 0.0716. The number of hydrogen-bond acceptors (Lipinski definition) is 5. The molecule has 1 aliphatic heterocycles. The first-order valence-corrected chi connectivity index (χ1v) is 10.6. The quantitative estimate of drug-likeness (QED) is 0.720. The molecular weight excluding hydrogens is 372 g/mol. The van der Waals surface area contributed by atoms with Crippen LogP contribution < -0.4 is 0 Å². The summed E-state index contributed by atoms with van der Waals surface area (Å²) >= 11 is 6.88. The van der Waals surface area contributed by atoms with E-state index >= 15 is 0 Å². The molecule has 2 aromatic carbocycles. The molecule has 1 atom stereocenters. The van der Waals surface area contributed by atoms with Crippen molar-refractivity contribution in [2.24, 2.45) is 4.99 Å². The summed E-state index contributed by atoms with van der Waals surface area (Å²) in [7, 11) is -3.78. The third-order valence-corrected chi connectivity index (χ3v) is 7.70. The molecule has 1 heterocycles.